The second-order valence-corrected chi connectivity index (χ2v) is 9.63. The quantitative estimate of drug-likeness (QED) is 0.586. The Morgan fingerprint density at radius 3 is 2.47 bits per heavy atom. The molecular weight excluding hydrogens is 432 g/mol. The molecule has 172 valence electrons. The molecule has 1 saturated carbocycles. The number of carbonyl (C=O) groups is 2. The van der Waals surface area contributed by atoms with Crippen molar-refractivity contribution >= 4 is 21.9 Å². The van der Waals surface area contributed by atoms with Gasteiger partial charge in [0.05, 0.1) is 4.90 Å². The van der Waals surface area contributed by atoms with E-state index in [1.165, 1.54) is 6.07 Å². The lowest BCUT2D eigenvalue weighted by molar-refractivity contribution is -0.135. The van der Waals surface area contributed by atoms with Crippen molar-refractivity contribution in [2.45, 2.75) is 49.6 Å². The van der Waals surface area contributed by atoms with E-state index in [-0.39, 0.29) is 29.0 Å². The molecule has 0 atom stereocenters. The van der Waals surface area contributed by atoms with Crippen LogP contribution in [0, 0.1) is 0 Å². The molecule has 0 radical (unpaired) electrons. The molecule has 0 aliphatic heterocycles. The summed E-state index contributed by atoms with van der Waals surface area (Å²) < 4.78 is 32.8. The summed E-state index contributed by atoms with van der Waals surface area (Å²) in [4.78, 5) is 26.3. The number of benzene rings is 2. The molecule has 3 rings (SSSR count). The zero-order valence-corrected chi connectivity index (χ0v) is 18.8. The third-order valence-electron chi connectivity index (χ3n) is 5.65. The van der Waals surface area contributed by atoms with Gasteiger partial charge >= 0.3 is 5.97 Å². The summed E-state index contributed by atoms with van der Waals surface area (Å²) in [6.07, 6.45) is 5.14. The van der Waals surface area contributed by atoms with E-state index in [1.54, 1.807) is 36.2 Å². The van der Waals surface area contributed by atoms with Crippen molar-refractivity contribution in [3.63, 3.8) is 0 Å². The summed E-state index contributed by atoms with van der Waals surface area (Å²) in [7, 11) is -2.24. The summed E-state index contributed by atoms with van der Waals surface area (Å²) in [5, 5.41) is 10.0. The number of rotatable bonds is 8. The molecule has 0 bridgehead atoms. The summed E-state index contributed by atoms with van der Waals surface area (Å²) in [5.41, 5.74) is 0.454. The van der Waals surface area contributed by atoms with E-state index in [9.17, 15) is 23.1 Å². The minimum atomic E-state index is -3.93. The SMILES string of the molecule is CN(C(=O)COC(=O)c1cc(S(=O)(=O)NCc2ccccc2)ccc1O)C1CCCCC1. The van der Waals surface area contributed by atoms with Crippen LogP contribution in [0.5, 0.6) is 5.75 Å². The van der Waals surface area contributed by atoms with Crippen LogP contribution < -0.4 is 4.72 Å². The van der Waals surface area contributed by atoms with Crippen LogP contribution in [0.4, 0.5) is 0 Å². The number of phenols is 1. The highest BCUT2D eigenvalue weighted by Gasteiger charge is 2.24. The first kappa shape index (κ1) is 23.7. The fourth-order valence-corrected chi connectivity index (χ4v) is 4.73. The van der Waals surface area contributed by atoms with E-state index in [0.717, 1.165) is 49.8 Å². The van der Waals surface area contributed by atoms with Crippen molar-refractivity contribution in [2.24, 2.45) is 0 Å². The van der Waals surface area contributed by atoms with Crippen LogP contribution in [0.1, 0.15) is 48.0 Å². The standard InChI is InChI=1S/C23H28N2O6S/c1-25(18-10-6-3-7-11-18)22(27)16-31-23(28)20-14-19(12-13-21(20)26)32(29,30)24-15-17-8-4-2-5-9-17/h2,4-5,8-9,12-14,18,24,26H,3,6-7,10-11,15-16H2,1H3. The van der Waals surface area contributed by atoms with Crippen molar-refractivity contribution < 1.29 is 27.9 Å². The van der Waals surface area contributed by atoms with Gasteiger partial charge in [-0.15, -0.1) is 0 Å². The molecule has 0 unspecified atom stereocenters. The minimum absolute atomic E-state index is 0.0752. The third kappa shape index (κ3) is 6.08. The molecule has 8 nitrogen and oxygen atoms in total. The first-order valence-electron chi connectivity index (χ1n) is 10.6. The van der Waals surface area contributed by atoms with Gasteiger partial charge < -0.3 is 14.7 Å². The van der Waals surface area contributed by atoms with Crippen LogP contribution in [0.3, 0.4) is 0 Å². The first-order chi connectivity index (χ1) is 15.3. The monoisotopic (exact) mass is 460 g/mol. The van der Waals surface area contributed by atoms with Crippen molar-refractivity contribution in [2.75, 3.05) is 13.7 Å². The number of hydrogen-bond donors (Lipinski definition) is 2. The molecule has 9 heteroatoms. The molecule has 0 heterocycles. The lowest BCUT2D eigenvalue weighted by Crippen LogP contribution is -2.40. The highest BCUT2D eigenvalue weighted by Crippen LogP contribution is 2.24. The van der Waals surface area contributed by atoms with E-state index in [4.69, 9.17) is 4.74 Å². The third-order valence-corrected chi connectivity index (χ3v) is 7.05. The number of likely N-dealkylation sites (N-methyl/N-ethyl adjacent to an activating group) is 1. The van der Waals surface area contributed by atoms with Crippen molar-refractivity contribution in [1.29, 1.82) is 0 Å². The highest BCUT2D eigenvalue weighted by molar-refractivity contribution is 7.89. The maximum absolute atomic E-state index is 12.6. The number of phenolic OH excluding ortho intramolecular Hbond substituents is 1. The molecule has 0 aromatic heterocycles. The van der Waals surface area contributed by atoms with Crippen LogP contribution >= 0.6 is 0 Å². The number of carbonyl (C=O) groups excluding carboxylic acids is 2. The van der Waals surface area contributed by atoms with Crippen molar-refractivity contribution in [1.82, 2.24) is 9.62 Å². The van der Waals surface area contributed by atoms with Crippen LogP contribution in [0.25, 0.3) is 0 Å². The second kappa shape index (κ2) is 10.6. The smallest absolute Gasteiger partial charge is 0.342 e. The normalized spacial score (nSPS) is 14.7. The molecule has 32 heavy (non-hydrogen) atoms. The first-order valence-corrected chi connectivity index (χ1v) is 12.1. The largest absolute Gasteiger partial charge is 0.507 e. The number of hydrogen-bond acceptors (Lipinski definition) is 6. The zero-order chi connectivity index (χ0) is 23.1. The molecule has 2 aromatic carbocycles. The van der Waals surface area contributed by atoms with Gasteiger partial charge in [-0.05, 0) is 36.6 Å². The maximum atomic E-state index is 12.6. The molecular formula is C23H28N2O6S. The number of aromatic hydroxyl groups is 1. The van der Waals surface area contributed by atoms with Gasteiger partial charge in [0.15, 0.2) is 6.61 Å². The van der Waals surface area contributed by atoms with Gasteiger partial charge in [-0.1, -0.05) is 49.6 Å². The van der Waals surface area contributed by atoms with Gasteiger partial charge in [0.25, 0.3) is 5.91 Å². The maximum Gasteiger partial charge on any atom is 0.342 e. The predicted molar refractivity (Wildman–Crippen MR) is 118 cm³/mol. The lowest BCUT2D eigenvalue weighted by Gasteiger charge is -2.31. The van der Waals surface area contributed by atoms with E-state index >= 15 is 0 Å². The van der Waals surface area contributed by atoms with Gasteiger partial charge in [0.2, 0.25) is 10.0 Å². The van der Waals surface area contributed by atoms with E-state index < -0.39 is 28.3 Å². The molecule has 2 aromatic rings. The minimum Gasteiger partial charge on any atom is -0.507 e. The molecule has 1 amide bonds. The van der Waals surface area contributed by atoms with Gasteiger partial charge in [-0.2, -0.15) is 0 Å². The Hall–Kier alpha value is -2.91. The Kier molecular flexibility index (Phi) is 7.87. The number of ether oxygens (including phenoxy) is 1. The van der Waals surface area contributed by atoms with E-state index in [0.29, 0.717) is 0 Å². The Morgan fingerprint density at radius 2 is 1.78 bits per heavy atom. The highest BCUT2D eigenvalue weighted by atomic mass is 32.2. The average Bonchev–Trinajstić information content (AvgIpc) is 2.82. The predicted octanol–water partition coefficient (Wildman–Crippen LogP) is 2.82. The van der Waals surface area contributed by atoms with Crippen molar-refractivity contribution in [3.05, 3.63) is 59.7 Å². The Labute approximate surface area is 188 Å². The van der Waals surface area contributed by atoms with Gasteiger partial charge in [0, 0.05) is 19.6 Å². The number of sulfonamides is 1. The summed E-state index contributed by atoms with van der Waals surface area (Å²) >= 11 is 0. The molecule has 0 saturated heterocycles. The zero-order valence-electron chi connectivity index (χ0n) is 18.0. The van der Waals surface area contributed by atoms with Crippen LogP contribution in [0.15, 0.2) is 53.4 Å². The number of nitrogens with one attached hydrogen (secondary N) is 1. The van der Waals surface area contributed by atoms with Gasteiger partial charge in [-0.25, -0.2) is 17.9 Å². The van der Waals surface area contributed by atoms with E-state index in [2.05, 4.69) is 4.72 Å². The average molecular weight is 461 g/mol. The fraction of sp³-hybridized carbons (Fsp3) is 0.391. The molecule has 1 aliphatic rings. The summed E-state index contributed by atoms with van der Waals surface area (Å²) in [6, 6.07) is 12.5. The number of amides is 1. The Bertz CT molecular complexity index is 1050. The van der Waals surface area contributed by atoms with Crippen LogP contribution in [-0.2, 0) is 26.1 Å². The summed E-state index contributed by atoms with van der Waals surface area (Å²) in [5.74, 6) is -1.73. The lowest BCUT2D eigenvalue weighted by atomic mass is 9.94. The Balaban J connectivity index is 1.63. The molecule has 1 aliphatic carbocycles. The summed E-state index contributed by atoms with van der Waals surface area (Å²) in [6.45, 7) is -0.402. The van der Waals surface area contributed by atoms with Gasteiger partial charge in [0.1, 0.15) is 11.3 Å². The Morgan fingerprint density at radius 1 is 1.09 bits per heavy atom. The number of nitrogens with zero attached hydrogens (tertiary/aromatic N) is 1. The molecule has 2 N–H and O–H groups in total. The van der Waals surface area contributed by atoms with Gasteiger partial charge in [-0.3, -0.25) is 4.79 Å². The molecule has 1 fully saturated rings. The molecule has 0 spiro atoms. The topological polar surface area (TPSA) is 113 Å². The fourth-order valence-electron chi connectivity index (χ4n) is 3.68. The number of esters is 1. The van der Waals surface area contributed by atoms with E-state index in [1.807, 2.05) is 6.07 Å². The second-order valence-electron chi connectivity index (χ2n) is 7.86. The van der Waals surface area contributed by atoms with Crippen molar-refractivity contribution in [3.8, 4) is 5.75 Å². The van der Waals surface area contributed by atoms with Crippen LogP contribution in [-0.4, -0.2) is 50.0 Å². The van der Waals surface area contributed by atoms with Crippen LogP contribution in [0.2, 0.25) is 0 Å².